The summed E-state index contributed by atoms with van der Waals surface area (Å²) in [6.45, 7) is 19.4. The van der Waals surface area contributed by atoms with Crippen LogP contribution in [0.4, 0.5) is 56.9 Å². The smallest absolute Gasteiger partial charge is 0.0654 e. The molecular weight excluding hydrogens is 1130 g/mol. The molecule has 0 bridgehead atoms. The first-order valence-corrected chi connectivity index (χ1v) is 32.0. The first-order chi connectivity index (χ1) is 45.8. The monoisotopic (exact) mass is 1200 g/mol. The lowest BCUT2D eigenvalue weighted by atomic mass is 9.68. The van der Waals surface area contributed by atoms with Crippen LogP contribution in [0.15, 0.2) is 377 Å². The molecule has 0 saturated heterocycles. The second kappa shape index (κ2) is 26.0. The summed E-state index contributed by atoms with van der Waals surface area (Å²) < 4.78 is 0. The average molecular weight is 1200 g/mol. The van der Waals surface area contributed by atoms with Crippen molar-refractivity contribution < 1.29 is 0 Å². The number of anilines is 10. The fourth-order valence-corrected chi connectivity index (χ4v) is 13.7. The van der Waals surface area contributed by atoms with Crippen molar-refractivity contribution in [2.45, 2.75) is 25.4 Å². The van der Waals surface area contributed by atoms with Gasteiger partial charge >= 0.3 is 0 Å². The van der Waals surface area contributed by atoms with Crippen LogP contribution in [0.2, 0.25) is 0 Å². The third kappa shape index (κ3) is 11.7. The van der Waals surface area contributed by atoms with Gasteiger partial charge < -0.3 is 19.6 Å². The van der Waals surface area contributed by atoms with Crippen LogP contribution in [0.25, 0.3) is 39.5 Å². The van der Waals surface area contributed by atoms with Gasteiger partial charge in [-0.3, -0.25) is 0 Å². The highest BCUT2D eigenvalue weighted by molar-refractivity contribution is 5.86. The zero-order chi connectivity index (χ0) is 63.3. The highest BCUT2D eigenvalue weighted by atomic mass is 15.2. The molecule has 3 atom stereocenters. The Labute approximate surface area is 548 Å². The molecule has 4 heteroatoms. The lowest BCUT2D eigenvalue weighted by molar-refractivity contribution is 0.448. The summed E-state index contributed by atoms with van der Waals surface area (Å²) in [6, 6.07) is 103. The van der Waals surface area contributed by atoms with Gasteiger partial charge in [-0.25, -0.2) is 0 Å². The van der Waals surface area contributed by atoms with Gasteiger partial charge in [0.2, 0.25) is 0 Å². The molecule has 4 nitrogen and oxygen atoms in total. The topological polar surface area (TPSA) is 13.0 Å². The molecule has 0 fully saturated rings. The van der Waals surface area contributed by atoms with Crippen LogP contribution >= 0.6 is 0 Å². The molecule has 0 heterocycles. The van der Waals surface area contributed by atoms with Gasteiger partial charge in [-0.05, 0) is 207 Å². The molecule has 0 spiro atoms. The largest absolute Gasteiger partial charge is 0.334 e. The molecule has 14 rings (SSSR count). The molecule has 93 heavy (non-hydrogen) atoms. The van der Waals surface area contributed by atoms with Crippen molar-refractivity contribution in [3.8, 4) is 22.3 Å². The van der Waals surface area contributed by atoms with Crippen molar-refractivity contribution in [3.05, 3.63) is 405 Å². The van der Waals surface area contributed by atoms with Gasteiger partial charge in [-0.2, -0.15) is 0 Å². The molecule has 11 aromatic carbocycles. The van der Waals surface area contributed by atoms with Crippen molar-refractivity contribution in [1.82, 2.24) is 0 Å². The van der Waals surface area contributed by atoms with E-state index in [0.29, 0.717) is 0 Å². The molecule has 3 aliphatic rings. The Kier molecular flexibility index (Phi) is 16.5. The van der Waals surface area contributed by atoms with Gasteiger partial charge in [0, 0.05) is 62.3 Å². The van der Waals surface area contributed by atoms with Crippen molar-refractivity contribution in [2.75, 3.05) is 19.6 Å². The fourth-order valence-electron chi connectivity index (χ4n) is 13.7. The number of benzene rings is 11. The van der Waals surface area contributed by atoms with E-state index in [1.807, 2.05) is 18.2 Å². The summed E-state index contributed by atoms with van der Waals surface area (Å²) in [5.41, 5.74) is 25.5. The number of hydrogen-bond donors (Lipinski definition) is 0. The van der Waals surface area contributed by atoms with Crippen LogP contribution < -0.4 is 19.6 Å². The van der Waals surface area contributed by atoms with E-state index in [9.17, 15) is 0 Å². The standard InChI is InChI=1S/C89H72N4/c1-6-65-31-47-77(48-32-65)90(74-22-12-9-13-23-74)79-53-37-70(38-54-79)71-39-55-80(56-40-71)91(75-24-14-10-15-25-75)78-49-33-68(34-50-78)64(4)69-35-51-81(52-36-69)92(87-61-45-66(7-2)84-28-18-19-29-85(84)87)82-57-41-72(42-58-82)73-43-59-83(60-44-73)93(76-26-16-11-17-27-76)88-62-46-67(8-3)86-30-20-21-63-89(86,88)5/h6-60,62-63,87-88H,1-4,61H2,5H3. The van der Waals surface area contributed by atoms with E-state index in [0.717, 1.165) is 113 Å². The third-order valence-corrected chi connectivity index (χ3v) is 18.6. The van der Waals surface area contributed by atoms with Crippen LogP contribution in [0.1, 0.15) is 47.2 Å². The predicted molar refractivity (Wildman–Crippen MR) is 397 cm³/mol. The lowest BCUT2D eigenvalue weighted by Gasteiger charge is -2.46. The second-order valence-corrected chi connectivity index (χ2v) is 24.1. The molecule has 3 aliphatic carbocycles. The zero-order valence-electron chi connectivity index (χ0n) is 52.4. The fraction of sp³-hybridized carbons (Fsp3) is 0.0562. The third-order valence-electron chi connectivity index (χ3n) is 18.6. The molecule has 0 saturated carbocycles. The summed E-state index contributed by atoms with van der Waals surface area (Å²) in [5.74, 6) is 0. The van der Waals surface area contributed by atoms with E-state index in [-0.39, 0.29) is 17.5 Å². The van der Waals surface area contributed by atoms with Gasteiger partial charge in [0.25, 0.3) is 0 Å². The molecule has 3 unspecified atom stereocenters. The summed E-state index contributed by atoms with van der Waals surface area (Å²) in [5, 5.41) is 0. The Balaban J connectivity index is 0.717. The van der Waals surface area contributed by atoms with Crippen LogP contribution in [0, 0.1) is 5.41 Å². The van der Waals surface area contributed by atoms with Crippen molar-refractivity contribution in [3.63, 3.8) is 0 Å². The Morgan fingerprint density at radius 2 is 0.796 bits per heavy atom. The number of fused-ring (bicyclic) bond motifs is 2. The summed E-state index contributed by atoms with van der Waals surface area (Å²) >= 11 is 0. The van der Waals surface area contributed by atoms with Gasteiger partial charge in [0.1, 0.15) is 0 Å². The Morgan fingerprint density at radius 1 is 0.398 bits per heavy atom. The Morgan fingerprint density at radius 3 is 1.27 bits per heavy atom. The minimum atomic E-state index is -0.263. The van der Waals surface area contributed by atoms with Crippen LogP contribution in [-0.4, -0.2) is 6.04 Å². The maximum Gasteiger partial charge on any atom is 0.0654 e. The van der Waals surface area contributed by atoms with E-state index in [2.05, 4.69) is 374 Å². The Bertz CT molecular complexity index is 4670. The van der Waals surface area contributed by atoms with Crippen molar-refractivity contribution in [1.29, 1.82) is 0 Å². The van der Waals surface area contributed by atoms with Crippen molar-refractivity contribution in [2.24, 2.45) is 5.41 Å². The first-order valence-electron chi connectivity index (χ1n) is 32.0. The number of hydrogen-bond acceptors (Lipinski definition) is 4. The quantitative estimate of drug-likeness (QED) is 0.0800. The molecule has 11 aromatic rings. The number of nitrogens with zero attached hydrogens (tertiary/aromatic N) is 4. The molecule has 0 N–H and O–H groups in total. The van der Waals surface area contributed by atoms with Crippen LogP contribution in [0.5, 0.6) is 0 Å². The number of allylic oxidation sites excluding steroid dienone is 8. The summed E-state index contributed by atoms with van der Waals surface area (Å²) in [7, 11) is 0. The van der Waals surface area contributed by atoms with Gasteiger partial charge in [-0.1, -0.05) is 251 Å². The van der Waals surface area contributed by atoms with Crippen LogP contribution in [0.3, 0.4) is 0 Å². The summed E-state index contributed by atoms with van der Waals surface area (Å²) in [6.07, 6.45) is 22.5. The minimum Gasteiger partial charge on any atom is -0.334 e. The molecule has 448 valence electrons. The highest BCUT2D eigenvalue weighted by Gasteiger charge is 2.41. The molecular formula is C89H72N4. The molecule has 0 aromatic heterocycles. The van der Waals surface area contributed by atoms with E-state index in [1.54, 1.807) is 0 Å². The molecule has 0 aliphatic heterocycles. The van der Waals surface area contributed by atoms with Crippen LogP contribution in [-0.2, 0) is 0 Å². The van der Waals surface area contributed by atoms with E-state index in [4.69, 9.17) is 6.58 Å². The second-order valence-electron chi connectivity index (χ2n) is 24.1. The maximum atomic E-state index is 4.70. The summed E-state index contributed by atoms with van der Waals surface area (Å²) in [4.78, 5) is 9.57. The van der Waals surface area contributed by atoms with E-state index >= 15 is 0 Å². The lowest BCUT2D eigenvalue weighted by Crippen LogP contribution is -2.45. The number of rotatable bonds is 19. The first kappa shape index (κ1) is 58.9. The van der Waals surface area contributed by atoms with Gasteiger partial charge in [0.05, 0.1) is 12.1 Å². The van der Waals surface area contributed by atoms with E-state index < -0.39 is 0 Å². The highest BCUT2D eigenvalue weighted by Crippen LogP contribution is 2.49. The molecule has 0 amide bonds. The molecule has 0 radical (unpaired) electrons. The SMILES string of the molecule is C=CC1=CCC(N(c2ccc(C(=C)c3ccc(N(c4ccccc4)c4ccc(-c5ccc(N(c6ccccc6)c6ccc(C=C)cc6)cc5)cc4)cc3)cc2)c2ccc(-c3ccc(N(c4ccccc4)C4C=CC(C=C)=C5C=CC=CC54C)cc3)cc2)c2ccccc21. The minimum absolute atomic E-state index is 0.0367. The predicted octanol–water partition coefficient (Wildman–Crippen LogP) is 24.2. The Hall–Kier alpha value is -11.7. The zero-order valence-corrected chi connectivity index (χ0v) is 52.4. The van der Waals surface area contributed by atoms with E-state index in [1.165, 1.54) is 22.3 Å². The van der Waals surface area contributed by atoms with Crippen molar-refractivity contribution >= 4 is 74.1 Å². The maximum absolute atomic E-state index is 4.70. The normalized spacial score (nSPS) is 16.1. The number of para-hydroxylation sites is 3. The van der Waals surface area contributed by atoms with Gasteiger partial charge in [0.15, 0.2) is 0 Å². The average Bonchev–Trinajstić information content (AvgIpc) is 0.793. The van der Waals surface area contributed by atoms with Gasteiger partial charge in [-0.15, -0.1) is 0 Å².